The summed E-state index contributed by atoms with van der Waals surface area (Å²) in [7, 11) is 0. The van der Waals surface area contributed by atoms with E-state index in [0.29, 0.717) is 6.07 Å². The van der Waals surface area contributed by atoms with Crippen LogP contribution in [0.25, 0.3) is 0 Å². The zero-order valence-corrected chi connectivity index (χ0v) is 10.00. The Hall–Kier alpha value is -1.63. The number of ether oxygens (including phenoxy) is 1. The van der Waals surface area contributed by atoms with Gasteiger partial charge in [0.05, 0.1) is 24.7 Å². The number of benzene rings is 1. The summed E-state index contributed by atoms with van der Waals surface area (Å²) in [5.74, 6) is -2.39. The first-order chi connectivity index (χ1) is 8.77. The van der Waals surface area contributed by atoms with Crippen LogP contribution in [0.4, 0.5) is 17.6 Å². The summed E-state index contributed by atoms with van der Waals surface area (Å²) < 4.78 is 55.5. The monoisotopic (exact) mass is 280 g/mol. The standard InChI is InChI=1S/C12H12F4O3/c1-2-19-10(18)6-9(17)7-4-3-5-8(11(7)13)12(14,15)16/h3-5,9,17H,2,6H2,1H3. The lowest BCUT2D eigenvalue weighted by atomic mass is 10.0. The van der Waals surface area contributed by atoms with Crippen molar-refractivity contribution >= 4 is 5.97 Å². The summed E-state index contributed by atoms with van der Waals surface area (Å²) in [6.07, 6.45) is -7.14. The molecule has 1 N–H and O–H groups in total. The van der Waals surface area contributed by atoms with Gasteiger partial charge in [-0.2, -0.15) is 13.2 Å². The van der Waals surface area contributed by atoms with Gasteiger partial charge in [0.2, 0.25) is 0 Å². The minimum Gasteiger partial charge on any atom is -0.466 e. The van der Waals surface area contributed by atoms with E-state index in [9.17, 15) is 27.5 Å². The first-order valence-electron chi connectivity index (χ1n) is 5.46. The van der Waals surface area contributed by atoms with Crippen molar-refractivity contribution in [2.24, 2.45) is 0 Å². The number of halogens is 4. The van der Waals surface area contributed by atoms with Crippen LogP contribution in [0.5, 0.6) is 0 Å². The van der Waals surface area contributed by atoms with Crippen LogP contribution < -0.4 is 0 Å². The van der Waals surface area contributed by atoms with Crippen LogP contribution in [0.3, 0.4) is 0 Å². The van der Waals surface area contributed by atoms with E-state index in [2.05, 4.69) is 4.74 Å². The van der Waals surface area contributed by atoms with E-state index >= 15 is 0 Å². The molecule has 0 saturated carbocycles. The van der Waals surface area contributed by atoms with Crippen LogP contribution in [0.2, 0.25) is 0 Å². The van der Waals surface area contributed by atoms with E-state index in [-0.39, 0.29) is 6.61 Å². The Balaban J connectivity index is 2.98. The predicted octanol–water partition coefficient (Wildman–Crippen LogP) is 2.83. The van der Waals surface area contributed by atoms with Gasteiger partial charge >= 0.3 is 12.1 Å². The number of rotatable bonds is 4. The number of aliphatic hydroxyl groups is 1. The maximum Gasteiger partial charge on any atom is 0.419 e. The SMILES string of the molecule is CCOC(=O)CC(O)c1cccc(C(F)(F)F)c1F. The fraction of sp³-hybridized carbons (Fsp3) is 0.417. The molecule has 0 amide bonds. The van der Waals surface area contributed by atoms with Gasteiger partial charge in [0.25, 0.3) is 0 Å². The molecule has 0 bridgehead atoms. The van der Waals surface area contributed by atoms with Gasteiger partial charge in [-0.3, -0.25) is 4.79 Å². The van der Waals surface area contributed by atoms with Crippen molar-refractivity contribution in [1.29, 1.82) is 0 Å². The molecule has 1 unspecified atom stereocenters. The Morgan fingerprint density at radius 1 is 1.42 bits per heavy atom. The Bertz CT molecular complexity index is 457. The number of alkyl halides is 3. The molecule has 0 aliphatic carbocycles. The van der Waals surface area contributed by atoms with Crippen molar-refractivity contribution in [3.63, 3.8) is 0 Å². The van der Waals surface area contributed by atoms with Crippen molar-refractivity contribution in [3.8, 4) is 0 Å². The fourth-order valence-electron chi connectivity index (χ4n) is 1.51. The normalized spacial score (nSPS) is 13.2. The van der Waals surface area contributed by atoms with Gasteiger partial charge in [-0.1, -0.05) is 12.1 Å². The second-order valence-corrected chi connectivity index (χ2v) is 3.73. The molecule has 0 aliphatic rings. The molecule has 0 fully saturated rings. The minimum atomic E-state index is -4.86. The summed E-state index contributed by atoms with van der Waals surface area (Å²) in [6, 6.07) is 2.53. The molecule has 106 valence electrons. The molecule has 1 aromatic carbocycles. The molecule has 1 rings (SSSR count). The van der Waals surface area contributed by atoms with Crippen LogP contribution in [0.15, 0.2) is 18.2 Å². The Morgan fingerprint density at radius 3 is 2.58 bits per heavy atom. The maximum absolute atomic E-state index is 13.6. The maximum atomic E-state index is 13.6. The minimum absolute atomic E-state index is 0.0661. The van der Waals surface area contributed by atoms with E-state index in [1.165, 1.54) is 6.92 Å². The highest BCUT2D eigenvalue weighted by atomic mass is 19.4. The molecule has 0 aromatic heterocycles. The van der Waals surface area contributed by atoms with Gasteiger partial charge in [-0.15, -0.1) is 0 Å². The van der Waals surface area contributed by atoms with E-state index in [0.717, 1.165) is 12.1 Å². The smallest absolute Gasteiger partial charge is 0.419 e. The average Bonchev–Trinajstić information content (AvgIpc) is 2.27. The lowest BCUT2D eigenvalue weighted by molar-refractivity contribution is -0.145. The number of esters is 1. The molecule has 0 aliphatic heterocycles. The topological polar surface area (TPSA) is 46.5 Å². The van der Waals surface area contributed by atoms with Crippen molar-refractivity contribution in [3.05, 3.63) is 35.1 Å². The molecule has 0 spiro atoms. The number of aliphatic hydroxyl groups excluding tert-OH is 1. The van der Waals surface area contributed by atoms with Crippen LogP contribution in [0, 0.1) is 5.82 Å². The summed E-state index contributed by atoms with van der Waals surface area (Å²) in [4.78, 5) is 11.1. The van der Waals surface area contributed by atoms with Gasteiger partial charge in [0.1, 0.15) is 5.82 Å². The first-order valence-corrected chi connectivity index (χ1v) is 5.46. The molecule has 1 aromatic rings. The number of carbonyl (C=O) groups is 1. The van der Waals surface area contributed by atoms with E-state index in [4.69, 9.17) is 0 Å². The molecule has 7 heteroatoms. The highest BCUT2D eigenvalue weighted by Gasteiger charge is 2.35. The molecule has 19 heavy (non-hydrogen) atoms. The molecule has 0 heterocycles. The van der Waals surface area contributed by atoms with Crippen LogP contribution >= 0.6 is 0 Å². The van der Waals surface area contributed by atoms with E-state index in [1.807, 2.05) is 0 Å². The third-order valence-corrected chi connectivity index (χ3v) is 2.36. The van der Waals surface area contributed by atoms with Crippen molar-refractivity contribution in [1.82, 2.24) is 0 Å². The molecule has 3 nitrogen and oxygen atoms in total. The van der Waals surface area contributed by atoms with Crippen LogP contribution in [-0.2, 0) is 15.7 Å². The largest absolute Gasteiger partial charge is 0.466 e. The average molecular weight is 280 g/mol. The Morgan fingerprint density at radius 2 is 2.05 bits per heavy atom. The highest BCUT2D eigenvalue weighted by Crippen LogP contribution is 2.34. The molecule has 1 atom stereocenters. The second-order valence-electron chi connectivity index (χ2n) is 3.73. The van der Waals surface area contributed by atoms with E-state index < -0.39 is 41.6 Å². The lowest BCUT2D eigenvalue weighted by Gasteiger charge is -2.15. The first kappa shape index (κ1) is 15.4. The zero-order chi connectivity index (χ0) is 14.6. The van der Waals surface area contributed by atoms with Gasteiger partial charge in [0, 0.05) is 5.56 Å². The number of hydrogen-bond acceptors (Lipinski definition) is 3. The number of carbonyl (C=O) groups excluding carboxylic acids is 1. The lowest BCUT2D eigenvalue weighted by Crippen LogP contribution is -2.14. The fourth-order valence-corrected chi connectivity index (χ4v) is 1.51. The quantitative estimate of drug-likeness (QED) is 0.681. The molecule has 0 radical (unpaired) electrons. The summed E-state index contributed by atoms with van der Waals surface area (Å²) in [5.41, 5.74) is -2.06. The Kier molecular flexibility index (Phi) is 4.88. The van der Waals surface area contributed by atoms with Gasteiger partial charge in [-0.05, 0) is 13.0 Å². The van der Waals surface area contributed by atoms with E-state index in [1.54, 1.807) is 0 Å². The third-order valence-electron chi connectivity index (χ3n) is 2.36. The van der Waals surface area contributed by atoms with Gasteiger partial charge in [0.15, 0.2) is 0 Å². The number of hydrogen-bond donors (Lipinski definition) is 1. The van der Waals surface area contributed by atoms with Crippen molar-refractivity contribution in [2.75, 3.05) is 6.61 Å². The van der Waals surface area contributed by atoms with Crippen molar-refractivity contribution in [2.45, 2.75) is 25.6 Å². The van der Waals surface area contributed by atoms with Crippen LogP contribution in [0.1, 0.15) is 30.6 Å². The Labute approximate surface area is 106 Å². The van der Waals surface area contributed by atoms with Gasteiger partial charge < -0.3 is 9.84 Å². The zero-order valence-electron chi connectivity index (χ0n) is 10.00. The summed E-state index contributed by atoms with van der Waals surface area (Å²) in [6.45, 7) is 1.60. The van der Waals surface area contributed by atoms with Gasteiger partial charge in [-0.25, -0.2) is 4.39 Å². The van der Waals surface area contributed by atoms with Crippen molar-refractivity contribution < 1.29 is 32.2 Å². The molecular formula is C12H12F4O3. The second kappa shape index (κ2) is 6.01. The highest BCUT2D eigenvalue weighted by molar-refractivity contribution is 5.70. The third kappa shape index (κ3) is 3.92. The summed E-state index contributed by atoms with van der Waals surface area (Å²) in [5, 5.41) is 9.58. The predicted molar refractivity (Wildman–Crippen MR) is 57.6 cm³/mol. The summed E-state index contributed by atoms with van der Waals surface area (Å²) >= 11 is 0. The molecular weight excluding hydrogens is 268 g/mol. The molecule has 0 saturated heterocycles. The van der Waals surface area contributed by atoms with Crippen LogP contribution in [-0.4, -0.2) is 17.7 Å².